The molecule has 23 heavy (non-hydrogen) atoms. The van der Waals surface area contributed by atoms with E-state index in [0.29, 0.717) is 5.58 Å². The second-order valence-corrected chi connectivity index (χ2v) is 7.08. The third-order valence-corrected chi connectivity index (χ3v) is 4.48. The average molecular weight is 332 g/mol. The summed E-state index contributed by atoms with van der Waals surface area (Å²) in [4.78, 5) is 12.2. The predicted octanol–water partition coefficient (Wildman–Crippen LogP) is 1.91. The first-order valence-corrected chi connectivity index (χ1v) is 8.78. The molecule has 0 atom stereocenters. The summed E-state index contributed by atoms with van der Waals surface area (Å²) in [6.45, 7) is 1.74. The smallest absolute Gasteiger partial charge is 0.287 e. The summed E-state index contributed by atoms with van der Waals surface area (Å²) in [5.74, 6) is -0.585. The van der Waals surface area contributed by atoms with Crippen LogP contribution in [0, 0.1) is 6.92 Å². The summed E-state index contributed by atoms with van der Waals surface area (Å²) in [6.07, 6.45) is 0. The molecule has 0 saturated heterocycles. The number of hydrogen-bond acceptors (Lipinski definition) is 4. The van der Waals surface area contributed by atoms with Gasteiger partial charge in [0, 0.05) is 22.9 Å². The fourth-order valence-electron chi connectivity index (χ4n) is 2.55. The third kappa shape index (κ3) is 3.06. The quantitative estimate of drug-likeness (QED) is 0.762. The van der Waals surface area contributed by atoms with Crippen molar-refractivity contribution >= 4 is 37.7 Å². The van der Waals surface area contributed by atoms with E-state index in [0.717, 1.165) is 21.7 Å². The first kappa shape index (κ1) is 15.5. The van der Waals surface area contributed by atoms with Crippen LogP contribution >= 0.6 is 0 Å². The van der Waals surface area contributed by atoms with Gasteiger partial charge in [0.1, 0.15) is 5.58 Å². The maximum atomic E-state index is 12.2. The number of nitrogens with two attached hydrogens (primary N) is 1. The Morgan fingerprint density at radius 3 is 2.65 bits per heavy atom. The molecule has 0 unspecified atom stereocenters. The van der Waals surface area contributed by atoms with Crippen LogP contribution in [0.4, 0.5) is 0 Å². The Labute approximate surface area is 133 Å². The van der Waals surface area contributed by atoms with E-state index in [1.165, 1.54) is 0 Å². The second kappa shape index (κ2) is 5.68. The Kier molecular flexibility index (Phi) is 3.83. The highest BCUT2D eigenvalue weighted by molar-refractivity contribution is 7.89. The van der Waals surface area contributed by atoms with Gasteiger partial charge in [-0.15, -0.1) is 0 Å². The van der Waals surface area contributed by atoms with Gasteiger partial charge in [-0.3, -0.25) is 4.79 Å². The third-order valence-electron chi connectivity index (χ3n) is 3.71. The van der Waals surface area contributed by atoms with Gasteiger partial charge in [-0.1, -0.05) is 36.4 Å². The molecule has 0 aliphatic carbocycles. The molecule has 0 aliphatic heterocycles. The Morgan fingerprint density at radius 1 is 1.17 bits per heavy atom. The minimum absolute atomic E-state index is 0.0606. The van der Waals surface area contributed by atoms with Crippen LogP contribution in [0.5, 0.6) is 0 Å². The van der Waals surface area contributed by atoms with Gasteiger partial charge in [-0.25, -0.2) is 13.6 Å². The average Bonchev–Trinajstić information content (AvgIpc) is 2.83. The standard InChI is InChI=1S/C16H16N2O4S/c1-10-12-7-6-11-4-2-3-5-13(11)15(12)22-14(10)16(19)18-8-9-23(17,20)21/h2-7H,8-9H2,1H3,(H,18,19)(H2,17,20,21). The number of benzene rings is 2. The summed E-state index contributed by atoms with van der Waals surface area (Å²) < 4.78 is 27.6. The van der Waals surface area contributed by atoms with Crippen molar-refractivity contribution in [1.82, 2.24) is 5.32 Å². The predicted molar refractivity (Wildman–Crippen MR) is 88.8 cm³/mol. The van der Waals surface area contributed by atoms with Gasteiger partial charge in [0.15, 0.2) is 5.76 Å². The molecule has 6 nitrogen and oxygen atoms in total. The zero-order chi connectivity index (χ0) is 16.6. The number of fused-ring (bicyclic) bond motifs is 3. The van der Waals surface area contributed by atoms with Crippen molar-refractivity contribution < 1.29 is 17.6 Å². The van der Waals surface area contributed by atoms with Crippen LogP contribution in [0.2, 0.25) is 0 Å². The molecule has 3 N–H and O–H groups in total. The minimum Gasteiger partial charge on any atom is -0.450 e. The minimum atomic E-state index is -3.61. The molecule has 1 heterocycles. The van der Waals surface area contributed by atoms with Gasteiger partial charge in [0.25, 0.3) is 5.91 Å². The van der Waals surface area contributed by atoms with Crippen LogP contribution in [0.3, 0.4) is 0 Å². The van der Waals surface area contributed by atoms with E-state index in [1.807, 2.05) is 36.4 Å². The van der Waals surface area contributed by atoms with Gasteiger partial charge in [0.05, 0.1) is 5.75 Å². The number of carbonyl (C=O) groups is 1. The number of furan rings is 1. The Bertz CT molecular complexity index is 1010. The highest BCUT2D eigenvalue weighted by Gasteiger charge is 2.19. The number of primary sulfonamides is 1. The van der Waals surface area contributed by atoms with E-state index in [-0.39, 0.29) is 18.1 Å². The van der Waals surface area contributed by atoms with E-state index < -0.39 is 15.9 Å². The van der Waals surface area contributed by atoms with Crippen molar-refractivity contribution in [1.29, 1.82) is 0 Å². The molecule has 120 valence electrons. The van der Waals surface area contributed by atoms with E-state index in [1.54, 1.807) is 6.92 Å². The maximum Gasteiger partial charge on any atom is 0.287 e. The number of rotatable bonds is 4. The number of hydrogen-bond donors (Lipinski definition) is 2. The first-order valence-electron chi connectivity index (χ1n) is 7.06. The fraction of sp³-hybridized carbons (Fsp3) is 0.188. The number of nitrogens with one attached hydrogen (secondary N) is 1. The molecule has 3 rings (SSSR count). The monoisotopic (exact) mass is 332 g/mol. The molecule has 3 aromatic rings. The molecule has 0 aliphatic rings. The number of sulfonamides is 1. The topological polar surface area (TPSA) is 102 Å². The van der Waals surface area contributed by atoms with Crippen LogP contribution in [0.1, 0.15) is 16.1 Å². The van der Waals surface area contributed by atoms with E-state index in [2.05, 4.69) is 5.32 Å². The zero-order valence-electron chi connectivity index (χ0n) is 12.5. The van der Waals surface area contributed by atoms with Crippen molar-refractivity contribution in [2.45, 2.75) is 6.92 Å². The van der Waals surface area contributed by atoms with Gasteiger partial charge >= 0.3 is 0 Å². The highest BCUT2D eigenvalue weighted by Crippen LogP contribution is 2.31. The Hall–Kier alpha value is -2.38. The lowest BCUT2D eigenvalue weighted by Gasteiger charge is -2.02. The molecular weight excluding hydrogens is 316 g/mol. The normalized spacial score (nSPS) is 11.9. The van der Waals surface area contributed by atoms with Gasteiger partial charge < -0.3 is 9.73 Å². The SMILES string of the molecule is Cc1c(C(=O)NCCS(N)(=O)=O)oc2c1ccc1ccccc12. The summed E-state index contributed by atoms with van der Waals surface area (Å²) >= 11 is 0. The molecule has 1 aromatic heterocycles. The van der Waals surface area contributed by atoms with Gasteiger partial charge in [-0.2, -0.15) is 0 Å². The number of amides is 1. The van der Waals surface area contributed by atoms with E-state index in [4.69, 9.17) is 9.56 Å². The van der Waals surface area contributed by atoms with Crippen LogP contribution < -0.4 is 10.5 Å². The lowest BCUT2D eigenvalue weighted by molar-refractivity contribution is 0.0930. The zero-order valence-corrected chi connectivity index (χ0v) is 13.3. The maximum absolute atomic E-state index is 12.2. The molecule has 0 saturated carbocycles. The molecule has 0 radical (unpaired) electrons. The highest BCUT2D eigenvalue weighted by atomic mass is 32.2. The first-order chi connectivity index (χ1) is 10.9. The number of carbonyl (C=O) groups excluding carboxylic acids is 1. The van der Waals surface area contributed by atoms with Crippen molar-refractivity contribution in [3.8, 4) is 0 Å². The summed E-state index contributed by atoms with van der Waals surface area (Å²) in [5.41, 5.74) is 1.37. The fourth-order valence-corrected chi connectivity index (χ4v) is 2.94. The molecule has 1 amide bonds. The largest absolute Gasteiger partial charge is 0.450 e. The summed E-state index contributed by atoms with van der Waals surface area (Å²) in [6, 6.07) is 11.6. The molecular formula is C16H16N2O4S. The second-order valence-electron chi connectivity index (χ2n) is 5.34. The van der Waals surface area contributed by atoms with Crippen molar-refractivity contribution in [3.63, 3.8) is 0 Å². The van der Waals surface area contributed by atoms with E-state index >= 15 is 0 Å². The van der Waals surface area contributed by atoms with Crippen LogP contribution in [-0.4, -0.2) is 26.6 Å². The van der Waals surface area contributed by atoms with Crippen molar-refractivity contribution in [2.75, 3.05) is 12.3 Å². The molecule has 0 spiro atoms. The lowest BCUT2D eigenvalue weighted by Crippen LogP contribution is -2.31. The Balaban J connectivity index is 1.97. The molecule has 7 heteroatoms. The Morgan fingerprint density at radius 2 is 1.91 bits per heavy atom. The molecule has 2 aromatic carbocycles. The number of aryl methyl sites for hydroxylation is 1. The van der Waals surface area contributed by atoms with Gasteiger partial charge in [0.2, 0.25) is 10.0 Å². The van der Waals surface area contributed by atoms with Crippen molar-refractivity contribution in [2.24, 2.45) is 5.14 Å². The summed E-state index contributed by atoms with van der Waals surface area (Å²) in [7, 11) is -3.61. The summed E-state index contributed by atoms with van der Waals surface area (Å²) in [5, 5.41) is 10.2. The lowest BCUT2D eigenvalue weighted by atomic mass is 10.1. The van der Waals surface area contributed by atoms with Crippen LogP contribution in [0.25, 0.3) is 21.7 Å². The van der Waals surface area contributed by atoms with Crippen LogP contribution in [-0.2, 0) is 10.0 Å². The van der Waals surface area contributed by atoms with Gasteiger partial charge in [-0.05, 0) is 12.3 Å². The molecule has 0 fully saturated rings. The van der Waals surface area contributed by atoms with E-state index in [9.17, 15) is 13.2 Å². The molecule has 0 bridgehead atoms. The van der Waals surface area contributed by atoms with Crippen molar-refractivity contribution in [3.05, 3.63) is 47.7 Å². The van der Waals surface area contributed by atoms with Crippen LogP contribution in [0.15, 0.2) is 40.8 Å².